The Bertz CT molecular complexity index is 763. The van der Waals surface area contributed by atoms with Crippen LogP contribution in [0.25, 0.3) is 0 Å². The lowest BCUT2D eigenvalue weighted by Gasteiger charge is -2.10. The predicted molar refractivity (Wildman–Crippen MR) is 80.0 cm³/mol. The van der Waals surface area contributed by atoms with E-state index in [4.69, 9.17) is 16.1 Å². The molecule has 2 rings (SSSR count). The van der Waals surface area contributed by atoms with E-state index in [1.807, 2.05) is 20.8 Å². The largest absolute Gasteiger partial charge is 0.337 e. The monoisotopic (exact) mass is 329 g/mol. The summed E-state index contributed by atoms with van der Waals surface area (Å²) < 4.78 is 32.0. The molecule has 0 amide bonds. The molecule has 0 bridgehead atoms. The Balaban J connectivity index is 2.31. The van der Waals surface area contributed by atoms with Gasteiger partial charge < -0.3 is 4.52 Å². The van der Waals surface area contributed by atoms with E-state index in [0.717, 1.165) is 0 Å². The van der Waals surface area contributed by atoms with Crippen LogP contribution in [0.15, 0.2) is 27.6 Å². The molecular formula is C13H16ClN3O3S. The van der Waals surface area contributed by atoms with Crippen molar-refractivity contribution in [3.05, 3.63) is 34.7 Å². The minimum Gasteiger partial charge on any atom is -0.337 e. The first kappa shape index (κ1) is 15.8. The van der Waals surface area contributed by atoms with E-state index in [-0.39, 0.29) is 16.3 Å². The van der Waals surface area contributed by atoms with Gasteiger partial charge in [-0.15, -0.1) is 0 Å². The number of hydrogen-bond donors (Lipinski definition) is 1. The van der Waals surface area contributed by atoms with Crippen LogP contribution < -0.4 is 4.72 Å². The molecule has 0 saturated carbocycles. The highest BCUT2D eigenvalue weighted by Gasteiger charge is 2.24. The fraction of sp³-hybridized carbons (Fsp3) is 0.385. The fourth-order valence-corrected chi connectivity index (χ4v) is 3.05. The third-order valence-corrected chi connectivity index (χ3v) is 4.44. The molecule has 114 valence electrons. The molecule has 0 aliphatic carbocycles. The Morgan fingerprint density at radius 3 is 2.48 bits per heavy atom. The predicted octanol–water partition coefficient (Wildman–Crippen LogP) is 3.13. The fourth-order valence-electron chi connectivity index (χ4n) is 1.66. The van der Waals surface area contributed by atoms with Crippen molar-refractivity contribution in [2.24, 2.45) is 0 Å². The zero-order valence-corrected chi connectivity index (χ0v) is 13.7. The lowest BCUT2D eigenvalue weighted by Crippen LogP contribution is -2.16. The van der Waals surface area contributed by atoms with Crippen LogP contribution in [-0.4, -0.2) is 18.6 Å². The molecule has 0 atom stereocenters. The molecule has 0 spiro atoms. The van der Waals surface area contributed by atoms with Crippen LogP contribution in [0.3, 0.4) is 0 Å². The number of sulfonamides is 1. The summed E-state index contributed by atoms with van der Waals surface area (Å²) in [6.45, 7) is 7.34. The summed E-state index contributed by atoms with van der Waals surface area (Å²) in [5.74, 6) is 0.266. The molecule has 0 aliphatic heterocycles. The van der Waals surface area contributed by atoms with Crippen LogP contribution in [0.5, 0.6) is 0 Å². The standard InChI is InChI=1S/C13H16ClN3O3S/c1-8-7-9(14)5-6-10(8)21(18,19)17-12-15-11(20-16-12)13(2,3)4/h5-7H,1-4H3,(H,16,17). The molecule has 6 nitrogen and oxygen atoms in total. The zero-order chi connectivity index (χ0) is 15.8. The van der Waals surface area contributed by atoms with Gasteiger partial charge in [0.25, 0.3) is 16.0 Å². The van der Waals surface area contributed by atoms with E-state index in [1.165, 1.54) is 12.1 Å². The van der Waals surface area contributed by atoms with Crippen molar-refractivity contribution >= 4 is 27.6 Å². The SMILES string of the molecule is Cc1cc(Cl)ccc1S(=O)(=O)Nc1noc(C(C)(C)C)n1. The maximum atomic E-state index is 12.3. The molecule has 0 aliphatic rings. The number of halogens is 1. The number of nitrogens with one attached hydrogen (secondary N) is 1. The summed E-state index contributed by atoms with van der Waals surface area (Å²) in [6.07, 6.45) is 0. The highest BCUT2D eigenvalue weighted by molar-refractivity contribution is 7.92. The van der Waals surface area contributed by atoms with Gasteiger partial charge in [-0.05, 0) is 35.8 Å². The lowest BCUT2D eigenvalue weighted by molar-refractivity contribution is 0.321. The van der Waals surface area contributed by atoms with Gasteiger partial charge in [0.05, 0.1) is 4.90 Å². The van der Waals surface area contributed by atoms with Gasteiger partial charge in [0, 0.05) is 10.4 Å². The highest BCUT2D eigenvalue weighted by Crippen LogP contribution is 2.24. The van der Waals surface area contributed by atoms with Crippen molar-refractivity contribution in [1.82, 2.24) is 10.1 Å². The van der Waals surface area contributed by atoms with Crippen molar-refractivity contribution in [2.75, 3.05) is 4.72 Å². The number of hydrogen-bond acceptors (Lipinski definition) is 5. The van der Waals surface area contributed by atoms with Gasteiger partial charge in [-0.2, -0.15) is 4.98 Å². The van der Waals surface area contributed by atoms with Crippen molar-refractivity contribution in [1.29, 1.82) is 0 Å². The normalized spacial score (nSPS) is 12.4. The Morgan fingerprint density at radius 2 is 1.95 bits per heavy atom. The second kappa shape index (κ2) is 5.31. The molecule has 0 saturated heterocycles. The van der Waals surface area contributed by atoms with Crippen LogP contribution in [0.2, 0.25) is 5.02 Å². The van der Waals surface area contributed by atoms with Crippen molar-refractivity contribution in [2.45, 2.75) is 38.0 Å². The molecule has 21 heavy (non-hydrogen) atoms. The minimum atomic E-state index is -3.79. The molecule has 1 heterocycles. The molecule has 2 aromatic rings. The van der Waals surface area contributed by atoms with E-state index >= 15 is 0 Å². The molecule has 1 N–H and O–H groups in total. The van der Waals surface area contributed by atoms with Gasteiger partial charge in [0.15, 0.2) is 0 Å². The van der Waals surface area contributed by atoms with Crippen molar-refractivity contribution in [3.63, 3.8) is 0 Å². The van der Waals surface area contributed by atoms with E-state index in [1.54, 1.807) is 13.0 Å². The lowest BCUT2D eigenvalue weighted by atomic mass is 9.97. The Hall–Kier alpha value is -1.60. The Labute approximate surface area is 128 Å². The number of nitrogens with zero attached hydrogens (tertiary/aromatic N) is 2. The number of aromatic nitrogens is 2. The van der Waals surface area contributed by atoms with Crippen LogP contribution in [0, 0.1) is 6.92 Å². The molecule has 0 fully saturated rings. The molecule has 0 unspecified atom stereocenters. The van der Waals surface area contributed by atoms with E-state index < -0.39 is 10.0 Å². The third-order valence-electron chi connectivity index (χ3n) is 2.72. The molecule has 1 aromatic heterocycles. The van der Waals surface area contributed by atoms with Gasteiger partial charge >= 0.3 is 0 Å². The van der Waals surface area contributed by atoms with Gasteiger partial charge in [-0.3, -0.25) is 0 Å². The van der Waals surface area contributed by atoms with E-state index in [2.05, 4.69) is 14.9 Å². The van der Waals surface area contributed by atoms with Crippen molar-refractivity contribution in [3.8, 4) is 0 Å². The number of benzene rings is 1. The van der Waals surface area contributed by atoms with Crippen LogP contribution >= 0.6 is 11.6 Å². The first-order valence-corrected chi connectivity index (χ1v) is 8.09. The smallest absolute Gasteiger partial charge is 0.277 e. The zero-order valence-electron chi connectivity index (χ0n) is 12.1. The van der Waals surface area contributed by atoms with Crippen molar-refractivity contribution < 1.29 is 12.9 Å². The summed E-state index contributed by atoms with van der Waals surface area (Å²) >= 11 is 5.83. The topological polar surface area (TPSA) is 85.1 Å². The molecule has 0 radical (unpaired) electrons. The summed E-state index contributed by atoms with van der Waals surface area (Å²) in [5, 5.41) is 4.11. The van der Waals surface area contributed by atoms with Gasteiger partial charge in [0.2, 0.25) is 5.89 Å². The summed E-state index contributed by atoms with van der Waals surface area (Å²) in [5.41, 5.74) is 0.182. The maximum absolute atomic E-state index is 12.3. The van der Waals surface area contributed by atoms with Gasteiger partial charge in [0.1, 0.15) is 0 Å². The van der Waals surface area contributed by atoms with Gasteiger partial charge in [-0.1, -0.05) is 32.4 Å². The van der Waals surface area contributed by atoms with Crippen LogP contribution in [0.4, 0.5) is 5.95 Å². The van der Waals surface area contributed by atoms with E-state index in [9.17, 15) is 8.42 Å². The van der Waals surface area contributed by atoms with Crippen LogP contribution in [0.1, 0.15) is 32.2 Å². The summed E-state index contributed by atoms with van der Waals surface area (Å²) in [7, 11) is -3.79. The average molecular weight is 330 g/mol. The number of anilines is 1. The second-order valence-corrected chi connectivity index (χ2v) is 7.78. The molecular weight excluding hydrogens is 314 g/mol. The average Bonchev–Trinajstić information content (AvgIpc) is 2.75. The third kappa shape index (κ3) is 3.54. The highest BCUT2D eigenvalue weighted by atomic mass is 35.5. The van der Waals surface area contributed by atoms with E-state index in [0.29, 0.717) is 16.5 Å². The Morgan fingerprint density at radius 1 is 1.29 bits per heavy atom. The molecule has 1 aromatic carbocycles. The maximum Gasteiger partial charge on any atom is 0.277 e. The first-order chi connectivity index (χ1) is 9.59. The summed E-state index contributed by atoms with van der Waals surface area (Å²) in [4.78, 5) is 4.16. The molecule has 8 heteroatoms. The first-order valence-electron chi connectivity index (χ1n) is 6.23. The Kier molecular flexibility index (Phi) is 3.99. The summed E-state index contributed by atoms with van der Waals surface area (Å²) in [6, 6.07) is 4.53. The number of rotatable bonds is 3. The second-order valence-electron chi connectivity index (χ2n) is 5.69. The van der Waals surface area contributed by atoms with Crippen LogP contribution in [-0.2, 0) is 15.4 Å². The quantitative estimate of drug-likeness (QED) is 0.935. The minimum absolute atomic E-state index is 0.0886. The number of aryl methyl sites for hydroxylation is 1. The van der Waals surface area contributed by atoms with Gasteiger partial charge in [-0.25, -0.2) is 13.1 Å².